The number of nitrogens with one attached hydrogen (secondary N) is 1. The molecule has 0 fully saturated rings. The van der Waals surface area contributed by atoms with E-state index in [1.807, 2.05) is 36.4 Å². The first-order valence-corrected chi connectivity index (χ1v) is 9.89. The molecule has 7 nitrogen and oxygen atoms in total. The minimum Gasteiger partial charge on any atom is -0.495 e. The van der Waals surface area contributed by atoms with Gasteiger partial charge >= 0.3 is 12.1 Å². The average molecular weight is 418 g/mol. The van der Waals surface area contributed by atoms with Crippen LogP contribution in [-0.2, 0) is 16.0 Å². The number of rotatable bonds is 7. The molecule has 2 N–H and O–H groups in total. The van der Waals surface area contributed by atoms with Gasteiger partial charge in [0.2, 0.25) is 0 Å². The van der Waals surface area contributed by atoms with Gasteiger partial charge in [-0.25, -0.2) is 9.59 Å². The molecule has 0 saturated heterocycles. The number of carboxylic acids is 1. The van der Waals surface area contributed by atoms with Crippen LogP contribution in [0.4, 0.5) is 4.79 Å². The predicted molar refractivity (Wildman–Crippen MR) is 114 cm³/mol. The quantitative estimate of drug-likeness (QED) is 0.608. The molecule has 0 bridgehead atoms. The topological polar surface area (TPSA) is 97.8 Å². The molecule has 1 aromatic heterocycles. The number of amides is 1. The first kappa shape index (κ1) is 20.4. The van der Waals surface area contributed by atoms with Gasteiger partial charge in [-0.3, -0.25) is 4.98 Å². The summed E-state index contributed by atoms with van der Waals surface area (Å²) in [5.41, 5.74) is 5.07. The predicted octanol–water partition coefficient (Wildman–Crippen LogP) is 3.62. The van der Waals surface area contributed by atoms with Gasteiger partial charge in [-0.15, -0.1) is 0 Å². The van der Waals surface area contributed by atoms with E-state index in [1.165, 1.54) is 19.5 Å². The molecule has 0 saturated carbocycles. The number of aromatic nitrogens is 1. The Morgan fingerprint density at radius 1 is 1.06 bits per heavy atom. The zero-order valence-electron chi connectivity index (χ0n) is 16.9. The number of carbonyl (C=O) groups is 2. The Labute approximate surface area is 179 Å². The Bertz CT molecular complexity index is 1070. The van der Waals surface area contributed by atoms with Crippen molar-refractivity contribution in [2.45, 2.75) is 18.4 Å². The molecule has 1 heterocycles. The van der Waals surface area contributed by atoms with E-state index in [4.69, 9.17) is 9.47 Å². The summed E-state index contributed by atoms with van der Waals surface area (Å²) in [4.78, 5) is 28.1. The monoisotopic (exact) mass is 418 g/mol. The molecule has 31 heavy (non-hydrogen) atoms. The largest absolute Gasteiger partial charge is 0.495 e. The van der Waals surface area contributed by atoms with Crippen LogP contribution in [0.25, 0.3) is 11.1 Å². The Balaban J connectivity index is 1.43. The summed E-state index contributed by atoms with van der Waals surface area (Å²) >= 11 is 0. The van der Waals surface area contributed by atoms with Crippen LogP contribution in [0.2, 0.25) is 0 Å². The standard InChI is InChI=1S/C24H22N2O5/c1-30-16-10-15(12-25-13-16)11-22(23(27)28)26-24(29)31-14-21-19-8-4-2-6-17(19)18-7-3-5-9-20(18)21/h2-10,12-13,21-22H,11,14H2,1H3,(H,26,29)(H,27,28)/t22-/m0/s1. The summed E-state index contributed by atoms with van der Waals surface area (Å²) in [5.74, 6) is -0.733. The van der Waals surface area contributed by atoms with Crippen LogP contribution >= 0.6 is 0 Å². The van der Waals surface area contributed by atoms with Crippen molar-refractivity contribution in [3.63, 3.8) is 0 Å². The molecule has 0 aliphatic heterocycles. The van der Waals surface area contributed by atoms with E-state index < -0.39 is 18.1 Å². The molecule has 2 aromatic carbocycles. The molecular formula is C24H22N2O5. The molecule has 4 rings (SSSR count). The van der Waals surface area contributed by atoms with Crippen LogP contribution in [-0.4, -0.2) is 41.9 Å². The minimum atomic E-state index is -1.16. The Kier molecular flexibility index (Phi) is 5.84. The van der Waals surface area contributed by atoms with E-state index in [1.54, 1.807) is 6.07 Å². The van der Waals surface area contributed by atoms with E-state index in [0.717, 1.165) is 22.3 Å². The van der Waals surface area contributed by atoms with E-state index >= 15 is 0 Å². The van der Waals surface area contributed by atoms with Gasteiger partial charge in [0.25, 0.3) is 0 Å². The highest BCUT2D eigenvalue weighted by molar-refractivity contribution is 5.81. The number of alkyl carbamates (subject to hydrolysis) is 1. The number of carboxylic acid groups (broad SMARTS) is 1. The lowest BCUT2D eigenvalue weighted by Gasteiger charge is -2.17. The van der Waals surface area contributed by atoms with Crippen LogP contribution in [0.15, 0.2) is 67.0 Å². The van der Waals surface area contributed by atoms with Crippen molar-refractivity contribution in [2.24, 2.45) is 0 Å². The van der Waals surface area contributed by atoms with Crippen molar-refractivity contribution < 1.29 is 24.2 Å². The van der Waals surface area contributed by atoms with Crippen LogP contribution < -0.4 is 10.1 Å². The second kappa shape index (κ2) is 8.87. The number of pyridine rings is 1. The Morgan fingerprint density at radius 3 is 2.32 bits per heavy atom. The zero-order valence-corrected chi connectivity index (χ0v) is 16.9. The number of ether oxygens (including phenoxy) is 2. The third-order valence-corrected chi connectivity index (χ3v) is 5.38. The maximum Gasteiger partial charge on any atom is 0.407 e. The number of benzene rings is 2. The fraction of sp³-hybridized carbons (Fsp3) is 0.208. The number of hydrogen-bond donors (Lipinski definition) is 2. The van der Waals surface area contributed by atoms with Crippen LogP contribution in [0, 0.1) is 0 Å². The van der Waals surface area contributed by atoms with Crippen molar-refractivity contribution in [2.75, 3.05) is 13.7 Å². The first-order chi connectivity index (χ1) is 15.1. The highest BCUT2D eigenvalue weighted by Gasteiger charge is 2.29. The minimum absolute atomic E-state index is 0.0593. The molecule has 3 aromatic rings. The SMILES string of the molecule is COc1cncc(C[C@H](NC(=O)OCC2c3ccccc3-c3ccccc32)C(=O)O)c1. The third-order valence-electron chi connectivity index (χ3n) is 5.38. The molecule has 1 aliphatic rings. The fourth-order valence-electron chi connectivity index (χ4n) is 3.91. The summed E-state index contributed by atoms with van der Waals surface area (Å²) in [6.45, 7) is 0.118. The molecule has 0 spiro atoms. The van der Waals surface area contributed by atoms with Crippen molar-refractivity contribution in [1.82, 2.24) is 10.3 Å². The van der Waals surface area contributed by atoms with Gasteiger partial charge in [-0.1, -0.05) is 48.5 Å². The number of nitrogens with zero attached hydrogens (tertiary/aromatic N) is 1. The summed E-state index contributed by atoms with van der Waals surface area (Å²) in [6.07, 6.45) is 2.35. The second-order valence-electron chi connectivity index (χ2n) is 7.30. The van der Waals surface area contributed by atoms with Gasteiger partial charge in [0.05, 0.1) is 13.3 Å². The highest BCUT2D eigenvalue weighted by Crippen LogP contribution is 2.44. The Hall–Kier alpha value is -3.87. The van der Waals surface area contributed by atoms with Gasteiger partial charge in [-0.2, -0.15) is 0 Å². The van der Waals surface area contributed by atoms with E-state index in [9.17, 15) is 14.7 Å². The maximum absolute atomic E-state index is 12.4. The normalized spacial score (nSPS) is 13.1. The van der Waals surface area contributed by atoms with Crippen molar-refractivity contribution >= 4 is 12.1 Å². The summed E-state index contributed by atoms with van der Waals surface area (Å²) in [6, 6.07) is 16.6. The molecular weight excluding hydrogens is 396 g/mol. The molecule has 1 amide bonds. The third kappa shape index (κ3) is 4.35. The molecule has 7 heteroatoms. The maximum atomic E-state index is 12.4. The molecule has 158 valence electrons. The summed E-state index contributed by atoms with van der Waals surface area (Å²) in [7, 11) is 1.50. The van der Waals surface area contributed by atoms with Crippen molar-refractivity contribution in [3.8, 4) is 16.9 Å². The van der Waals surface area contributed by atoms with Crippen LogP contribution in [0.5, 0.6) is 5.75 Å². The van der Waals surface area contributed by atoms with Crippen LogP contribution in [0.1, 0.15) is 22.6 Å². The summed E-state index contributed by atoms with van der Waals surface area (Å²) in [5, 5.41) is 12.0. The highest BCUT2D eigenvalue weighted by atomic mass is 16.5. The van der Waals surface area contributed by atoms with Crippen molar-refractivity contribution in [1.29, 1.82) is 0 Å². The molecule has 1 atom stereocenters. The smallest absolute Gasteiger partial charge is 0.407 e. The summed E-state index contributed by atoms with van der Waals surface area (Å²) < 4.78 is 10.6. The second-order valence-corrected chi connectivity index (χ2v) is 7.30. The molecule has 0 unspecified atom stereocenters. The Morgan fingerprint density at radius 2 is 1.71 bits per heavy atom. The van der Waals surface area contributed by atoms with Gasteiger partial charge in [0.1, 0.15) is 18.4 Å². The zero-order chi connectivity index (χ0) is 21.8. The fourth-order valence-corrected chi connectivity index (χ4v) is 3.91. The first-order valence-electron chi connectivity index (χ1n) is 9.89. The lowest BCUT2D eigenvalue weighted by Crippen LogP contribution is -2.42. The van der Waals surface area contributed by atoms with E-state index in [0.29, 0.717) is 11.3 Å². The number of methoxy groups -OCH3 is 1. The van der Waals surface area contributed by atoms with Gasteiger partial charge in [0, 0.05) is 18.5 Å². The van der Waals surface area contributed by atoms with Gasteiger partial charge in [-0.05, 0) is 33.9 Å². The number of hydrogen-bond acceptors (Lipinski definition) is 5. The van der Waals surface area contributed by atoms with Gasteiger partial charge < -0.3 is 19.9 Å². The average Bonchev–Trinajstić information content (AvgIpc) is 3.11. The van der Waals surface area contributed by atoms with Crippen molar-refractivity contribution in [3.05, 3.63) is 83.7 Å². The van der Waals surface area contributed by atoms with E-state index in [2.05, 4.69) is 22.4 Å². The molecule has 1 aliphatic carbocycles. The van der Waals surface area contributed by atoms with Crippen LogP contribution in [0.3, 0.4) is 0 Å². The van der Waals surface area contributed by atoms with E-state index in [-0.39, 0.29) is 18.9 Å². The lowest BCUT2D eigenvalue weighted by molar-refractivity contribution is -0.139. The van der Waals surface area contributed by atoms with Gasteiger partial charge in [0.15, 0.2) is 0 Å². The number of fused-ring (bicyclic) bond motifs is 3. The molecule has 0 radical (unpaired) electrons. The lowest BCUT2D eigenvalue weighted by atomic mass is 9.98. The number of aliphatic carboxylic acids is 1. The number of carbonyl (C=O) groups excluding carboxylic acids is 1.